The Kier molecular flexibility index (Phi) is 5.93. The Morgan fingerprint density at radius 1 is 1.37 bits per heavy atom. The molecule has 0 spiro atoms. The topological polar surface area (TPSA) is 104 Å². The molecule has 0 bridgehead atoms. The molecule has 1 amide bonds. The van der Waals surface area contributed by atoms with Crippen molar-refractivity contribution in [1.29, 1.82) is 0 Å². The monoisotopic (exact) mass is 392 g/mol. The second kappa shape index (κ2) is 8.20. The summed E-state index contributed by atoms with van der Waals surface area (Å²) in [5.74, 6) is -0.348. The highest BCUT2D eigenvalue weighted by Gasteiger charge is 2.32. The summed E-state index contributed by atoms with van der Waals surface area (Å²) in [7, 11) is -2.11. The number of ether oxygens (including phenoxy) is 1. The van der Waals surface area contributed by atoms with Crippen molar-refractivity contribution >= 4 is 21.6 Å². The number of carbonyl (C=O) groups is 1. The van der Waals surface area contributed by atoms with Gasteiger partial charge in [-0.3, -0.25) is 9.89 Å². The van der Waals surface area contributed by atoms with E-state index < -0.39 is 10.0 Å². The van der Waals surface area contributed by atoms with E-state index in [0.29, 0.717) is 23.7 Å². The van der Waals surface area contributed by atoms with E-state index in [1.807, 2.05) is 6.92 Å². The van der Waals surface area contributed by atoms with Crippen LogP contribution in [0, 0.1) is 6.92 Å². The number of aromatic nitrogens is 2. The molecule has 0 radical (unpaired) electrons. The third-order valence-corrected chi connectivity index (χ3v) is 6.55. The van der Waals surface area contributed by atoms with Gasteiger partial charge in [-0.25, -0.2) is 8.42 Å². The van der Waals surface area contributed by atoms with Crippen LogP contribution < -0.4 is 5.32 Å². The zero-order chi connectivity index (χ0) is 19.4. The van der Waals surface area contributed by atoms with Crippen LogP contribution in [0.1, 0.15) is 30.0 Å². The van der Waals surface area contributed by atoms with Crippen molar-refractivity contribution < 1.29 is 17.9 Å². The minimum absolute atomic E-state index is 0.0524. The lowest BCUT2D eigenvalue weighted by Crippen LogP contribution is -2.39. The van der Waals surface area contributed by atoms with Crippen LogP contribution in [0.4, 0.5) is 5.69 Å². The van der Waals surface area contributed by atoms with E-state index in [9.17, 15) is 13.2 Å². The Bertz CT molecular complexity index is 892. The molecule has 8 nitrogen and oxygen atoms in total. The number of carbonyl (C=O) groups excluding carboxylic acids is 1. The minimum Gasteiger partial charge on any atom is -0.375 e. The molecular weight excluding hydrogens is 368 g/mol. The fourth-order valence-electron chi connectivity index (χ4n) is 3.28. The third kappa shape index (κ3) is 4.37. The van der Waals surface area contributed by atoms with Crippen LogP contribution >= 0.6 is 0 Å². The highest BCUT2D eigenvalue weighted by Crippen LogP contribution is 2.32. The standard InChI is InChI=1S/C18H24N4O4S/c1-13-5-7-15(8-6-13)27(24,25)22-9-3-4-14(11-22)18-16(10-19-21-18)20-17(23)12-26-2/h5-8,10,14H,3-4,9,11-12H2,1-2H3,(H,19,21)(H,20,23)/t14-/m1/s1. The van der Waals surface area contributed by atoms with Gasteiger partial charge in [0.05, 0.1) is 22.5 Å². The summed E-state index contributed by atoms with van der Waals surface area (Å²) in [6, 6.07) is 6.88. The van der Waals surface area contributed by atoms with Gasteiger partial charge in [-0.05, 0) is 31.9 Å². The van der Waals surface area contributed by atoms with Crippen LogP contribution in [-0.2, 0) is 19.6 Å². The van der Waals surface area contributed by atoms with E-state index in [0.717, 1.165) is 24.1 Å². The molecule has 146 valence electrons. The van der Waals surface area contributed by atoms with E-state index in [-0.39, 0.29) is 18.4 Å². The fraction of sp³-hybridized carbons (Fsp3) is 0.444. The van der Waals surface area contributed by atoms with E-state index >= 15 is 0 Å². The lowest BCUT2D eigenvalue weighted by molar-refractivity contribution is -0.119. The second-order valence-electron chi connectivity index (χ2n) is 6.69. The molecule has 0 saturated carbocycles. The van der Waals surface area contributed by atoms with Gasteiger partial charge in [-0.2, -0.15) is 9.40 Å². The van der Waals surface area contributed by atoms with Crippen molar-refractivity contribution in [3.05, 3.63) is 41.7 Å². The number of benzene rings is 1. The molecule has 1 aromatic heterocycles. The highest BCUT2D eigenvalue weighted by atomic mass is 32.2. The lowest BCUT2D eigenvalue weighted by Gasteiger charge is -2.31. The summed E-state index contributed by atoms with van der Waals surface area (Å²) < 4.78 is 32.3. The largest absolute Gasteiger partial charge is 0.375 e. The maximum Gasteiger partial charge on any atom is 0.250 e. The predicted molar refractivity (Wildman–Crippen MR) is 101 cm³/mol. The average Bonchev–Trinajstić information content (AvgIpc) is 3.10. The van der Waals surface area contributed by atoms with Crippen LogP contribution in [0.2, 0.25) is 0 Å². The zero-order valence-electron chi connectivity index (χ0n) is 15.4. The van der Waals surface area contributed by atoms with Crippen LogP contribution in [0.3, 0.4) is 0 Å². The van der Waals surface area contributed by atoms with Gasteiger partial charge in [0.15, 0.2) is 0 Å². The average molecular weight is 392 g/mol. The SMILES string of the molecule is COCC(=O)Nc1cn[nH]c1[C@@H]1CCCN(S(=O)(=O)c2ccc(C)cc2)C1. The number of aromatic amines is 1. The summed E-state index contributed by atoms with van der Waals surface area (Å²) in [5.41, 5.74) is 2.32. The van der Waals surface area contributed by atoms with E-state index in [1.165, 1.54) is 17.6 Å². The number of methoxy groups -OCH3 is 1. The normalized spacial score (nSPS) is 18.4. The molecule has 1 saturated heterocycles. The van der Waals surface area contributed by atoms with Crippen molar-refractivity contribution in [2.45, 2.75) is 30.6 Å². The molecule has 1 aromatic carbocycles. The first-order valence-corrected chi connectivity index (χ1v) is 10.2. The Morgan fingerprint density at radius 2 is 2.11 bits per heavy atom. The van der Waals surface area contributed by atoms with Crippen molar-refractivity contribution in [3.63, 3.8) is 0 Å². The number of amides is 1. The van der Waals surface area contributed by atoms with E-state index in [2.05, 4.69) is 15.5 Å². The summed E-state index contributed by atoms with van der Waals surface area (Å²) in [4.78, 5) is 12.1. The number of anilines is 1. The lowest BCUT2D eigenvalue weighted by atomic mass is 9.95. The maximum atomic E-state index is 13.0. The molecular formula is C18H24N4O4S. The summed E-state index contributed by atoms with van der Waals surface area (Å²) in [6.07, 6.45) is 3.09. The molecule has 9 heteroatoms. The molecule has 3 rings (SSSR count). The van der Waals surface area contributed by atoms with Gasteiger partial charge in [0.25, 0.3) is 0 Å². The first-order valence-electron chi connectivity index (χ1n) is 8.80. The Balaban J connectivity index is 1.78. The Hall–Kier alpha value is -2.23. The fourth-order valence-corrected chi connectivity index (χ4v) is 4.80. The van der Waals surface area contributed by atoms with Crippen LogP contribution in [0.25, 0.3) is 0 Å². The van der Waals surface area contributed by atoms with Crippen molar-refractivity contribution in [2.75, 3.05) is 32.1 Å². The molecule has 2 N–H and O–H groups in total. The molecule has 0 aliphatic carbocycles. The number of rotatable bonds is 6. The molecule has 1 atom stereocenters. The zero-order valence-corrected chi connectivity index (χ0v) is 16.3. The second-order valence-corrected chi connectivity index (χ2v) is 8.63. The molecule has 27 heavy (non-hydrogen) atoms. The van der Waals surface area contributed by atoms with Gasteiger partial charge in [0, 0.05) is 26.1 Å². The number of piperidine rings is 1. The molecule has 1 aliphatic rings. The van der Waals surface area contributed by atoms with Gasteiger partial charge in [0.1, 0.15) is 6.61 Å². The molecule has 2 aromatic rings. The third-order valence-electron chi connectivity index (χ3n) is 4.67. The Labute approximate surface area is 159 Å². The van der Waals surface area contributed by atoms with Gasteiger partial charge >= 0.3 is 0 Å². The quantitative estimate of drug-likeness (QED) is 0.781. The van der Waals surface area contributed by atoms with E-state index in [4.69, 9.17) is 4.74 Å². The van der Waals surface area contributed by atoms with Gasteiger partial charge in [0.2, 0.25) is 15.9 Å². The van der Waals surface area contributed by atoms with Crippen molar-refractivity contribution in [3.8, 4) is 0 Å². The highest BCUT2D eigenvalue weighted by molar-refractivity contribution is 7.89. The maximum absolute atomic E-state index is 13.0. The number of hydrogen-bond acceptors (Lipinski definition) is 5. The van der Waals surface area contributed by atoms with Crippen LogP contribution in [-0.4, -0.2) is 55.6 Å². The van der Waals surface area contributed by atoms with Crippen LogP contribution in [0.5, 0.6) is 0 Å². The molecule has 1 fully saturated rings. The summed E-state index contributed by atoms with van der Waals surface area (Å²) in [6.45, 7) is 2.69. The number of hydrogen-bond donors (Lipinski definition) is 2. The molecule has 0 unspecified atom stereocenters. The number of aryl methyl sites for hydroxylation is 1. The van der Waals surface area contributed by atoms with Crippen LogP contribution in [0.15, 0.2) is 35.4 Å². The Morgan fingerprint density at radius 3 is 2.81 bits per heavy atom. The molecule has 2 heterocycles. The van der Waals surface area contributed by atoms with E-state index in [1.54, 1.807) is 24.3 Å². The number of H-pyrrole nitrogens is 1. The van der Waals surface area contributed by atoms with Crippen molar-refractivity contribution in [2.24, 2.45) is 0 Å². The first-order chi connectivity index (χ1) is 12.9. The van der Waals surface area contributed by atoms with Gasteiger partial charge in [-0.15, -0.1) is 0 Å². The predicted octanol–water partition coefficient (Wildman–Crippen LogP) is 1.87. The number of nitrogens with zero attached hydrogens (tertiary/aromatic N) is 2. The molecule has 1 aliphatic heterocycles. The summed E-state index contributed by atoms with van der Waals surface area (Å²) in [5, 5.41) is 9.69. The van der Waals surface area contributed by atoms with Gasteiger partial charge < -0.3 is 10.1 Å². The van der Waals surface area contributed by atoms with Crippen molar-refractivity contribution in [1.82, 2.24) is 14.5 Å². The van der Waals surface area contributed by atoms with Gasteiger partial charge in [-0.1, -0.05) is 17.7 Å². The minimum atomic E-state index is -3.56. The summed E-state index contributed by atoms with van der Waals surface area (Å²) >= 11 is 0. The number of sulfonamides is 1. The number of nitrogens with one attached hydrogen (secondary N) is 2. The smallest absolute Gasteiger partial charge is 0.250 e. The first kappa shape index (κ1) is 19.5.